The first-order valence-electron chi connectivity index (χ1n) is 13.7. The van der Waals surface area contributed by atoms with Gasteiger partial charge in [-0.3, -0.25) is 4.79 Å². The van der Waals surface area contributed by atoms with Crippen LogP contribution in [0.3, 0.4) is 0 Å². The lowest BCUT2D eigenvalue weighted by molar-refractivity contribution is 0.0203. The molecule has 2 fully saturated rings. The third-order valence-electron chi connectivity index (χ3n) is 7.38. The summed E-state index contributed by atoms with van der Waals surface area (Å²) in [5.74, 6) is -0.480. The Labute approximate surface area is 239 Å². The Hall–Kier alpha value is -3.59. The van der Waals surface area contributed by atoms with E-state index in [-0.39, 0.29) is 23.7 Å². The number of carbonyl (C=O) groups is 2. The number of ether oxygens (including phenoxy) is 1. The number of likely N-dealkylation sites (tertiary alicyclic amines) is 1. The Kier molecular flexibility index (Phi) is 8.03. The lowest BCUT2D eigenvalue weighted by Crippen LogP contribution is -2.49. The van der Waals surface area contributed by atoms with Crippen LogP contribution in [0.1, 0.15) is 55.6 Å². The molecule has 3 heterocycles. The van der Waals surface area contributed by atoms with Gasteiger partial charge in [-0.1, -0.05) is 17.7 Å². The molecule has 0 unspecified atom stereocenters. The second-order valence-corrected chi connectivity index (χ2v) is 11.8. The molecule has 0 N–H and O–H groups in total. The first-order valence-corrected chi connectivity index (χ1v) is 14.1. The van der Waals surface area contributed by atoms with E-state index in [1.54, 1.807) is 27.9 Å². The number of benzene rings is 2. The first-order chi connectivity index (χ1) is 19.1. The molecule has 3 aromatic rings. The second kappa shape index (κ2) is 11.5. The lowest BCUT2D eigenvalue weighted by atomic mass is 9.90. The highest BCUT2D eigenvalue weighted by molar-refractivity contribution is 6.30. The van der Waals surface area contributed by atoms with Gasteiger partial charge in [0.15, 0.2) is 0 Å². The topological polar surface area (TPSA) is 70.9 Å². The zero-order chi connectivity index (χ0) is 28.4. The van der Waals surface area contributed by atoms with Crippen LogP contribution in [-0.4, -0.2) is 76.5 Å². The molecule has 0 radical (unpaired) electrons. The average Bonchev–Trinajstić information content (AvgIpc) is 3.38. The Bertz CT molecular complexity index is 1350. The number of aromatic nitrogens is 2. The van der Waals surface area contributed by atoms with Crippen molar-refractivity contribution >= 4 is 29.3 Å². The molecule has 2 aromatic carbocycles. The summed E-state index contributed by atoms with van der Waals surface area (Å²) in [4.78, 5) is 32.3. The summed E-state index contributed by atoms with van der Waals surface area (Å²) >= 11 is 6.04. The molecule has 0 aliphatic carbocycles. The predicted molar refractivity (Wildman–Crippen MR) is 153 cm³/mol. The van der Waals surface area contributed by atoms with Crippen molar-refractivity contribution < 1.29 is 18.7 Å². The van der Waals surface area contributed by atoms with E-state index in [0.29, 0.717) is 68.4 Å². The number of nitrogens with zero attached hydrogens (tertiary/aromatic N) is 5. The number of anilines is 1. The molecule has 5 rings (SSSR count). The number of piperidine rings is 1. The molecular formula is C30H35ClFN5O3. The van der Waals surface area contributed by atoms with Crippen LogP contribution in [0, 0.1) is 5.82 Å². The molecular weight excluding hydrogens is 533 g/mol. The Morgan fingerprint density at radius 2 is 1.60 bits per heavy atom. The first kappa shape index (κ1) is 28.0. The smallest absolute Gasteiger partial charge is 0.410 e. The van der Waals surface area contributed by atoms with Gasteiger partial charge >= 0.3 is 6.09 Å². The highest BCUT2D eigenvalue weighted by Crippen LogP contribution is 2.34. The van der Waals surface area contributed by atoms with Crippen LogP contribution in [-0.2, 0) is 4.74 Å². The SMILES string of the molecule is CC(C)(C)OC(=O)N1CCC(c2c(C(=O)N3CCN(c4ccc(Cl)cc4)CC3)cnn2-c2cccc(F)c2)CC1. The van der Waals surface area contributed by atoms with Crippen molar-refractivity contribution in [3.63, 3.8) is 0 Å². The monoisotopic (exact) mass is 567 g/mol. The Morgan fingerprint density at radius 1 is 0.925 bits per heavy atom. The molecule has 2 saturated heterocycles. The van der Waals surface area contributed by atoms with Crippen LogP contribution in [0.4, 0.5) is 14.9 Å². The number of piperazine rings is 1. The fraction of sp³-hybridized carbons (Fsp3) is 0.433. The Morgan fingerprint density at radius 3 is 2.23 bits per heavy atom. The minimum atomic E-state index is -0.568. The minimum Gasteiger partial charge on any atom is -0.444 e. The maximum absolute atomic E-state index is 14.2. The van der Waals surface area contributed by atoms with E-state index in [9.17, 15) is 14.0 Å². The summed E-state index contributed by atoms with van der Waals surface area (Å²) in [5, 5.41) is 5.26. The Balaban J connectivity index is 1.36. The van der Waals surface area contributed by atoms with Gasteiger partial charge in [-0.05, 0) is 76.1 Å². The minimum absolute atomic E-state index is 0.0289. The number of amides is 2. The van der Waals surface area contributed by atoms with Gasteiger partial charge in [0.25, 0.3) is 5.91 Å². The molecule has 0 saturated carbocycles. The van der Waals surface area contributed by atoms with Gasteiger partial charge in [-0.25, -0.2) is 13.9 Å². The molecule has 2 amide bonds. The maximum atomic E-state index is 14.2. The van der Waals surface area contributed by atoms with Gasteiger partial charge in [-0.2, -0.15) is 5.10 Å². The molecule has 8 nitrogen and oxygen atoms in total. The van der Waals surface area contributed by atoms with Crippen LogP contribution >= 0.6 is 11.6 Å². The summed E-state index contributed by atoms with van der Waals surface area (Å²) in [7, 11) is 0. The summed E-state index contributed by atoms with van der Waals surface area (Å²) in [6, 6.07) is 14.0. The van der Waals surface area contributed by atoms with Crippen molar-refractivity contribution in [1.82, 2.24) is 19.6 Å². The van der Waals surface area contributed by atoms with E-state index in [1.165, 1.54) is 12.1 Å². The summed E-state index contributed by atoms with van der Waals surface area (Å²) in [6.07, 6.45) is 2.56. The fourth-order valence-corrected chi connectivity index (χ4v) is 5.51. The van der Waals surface area contributed by atoms with Crippen LogP contribution < -0.4 is 4.90 Å². The number of hydrogen-bond donors (Lipinski definition) is 0. The number of carbonyl (C=O) groups excluding carboxylic acids is 2. The van der Waals surface area contributed by atoms with E-state index in [2.05, 4.69) is 10.00 Å². The molecule has 2 aliphatic heterocycles. The number of hydrogen-bond acceptors (Lipinski definition) is 5. The second-order valence-electron chi connectivity index (χ2n) is 11.3. The van der Waals surface area contributed by atoms with Gasteiger partial charge in [-0.15, -0.1) is 0 Å². The van der Waals surface area contributed by atoms with Gasteiger partial charge in [0.05, 0.1) is 23.1 Å². The zero-order valence-electron chi connectivity index (χ0n) is 23.1. The number of rotatable bonds is 4. The average molecular weight is 568 g/mol. The molecule has 0 bridgehead atoms. The van der Waals surface area contributed by atoms with Crippen molar-refractivity contribution in [3.05, 3.63) is 76.8 Å². The zero-order valence-corrected chi connectivity index (χ0v) is 23.9. The molecule has 0 atom stereocenters. The van der Waals surface area contributed by atoms with E-state index in [4.69, 9.17) is 16.3 Å². The molecule has 1 aromatic heterocycles. The van der Waals surface area contributed by atoms with Crippen molar-refractivity contribution in [2.24, 2.45) is 0 Å². The van der Waals surface area contributed by atoms with E-state index < -0.39 is 5.60 Å². The van der Waals surface area contributed by atoms with Crippen LogP contribution in [0.25, 0.3) is 5.69 Å². The third-order valence-corrected chi connectivity index (χ3v) is 7.63. The summed E-state index contributed by atoms with van der Waals surface area (Å²) in [6.45, 7) is 9.10. The summed E-state index contributed by atoms with van der Waals surface area (Å²) < 4.78 is 21.4. The largest absolute Gasteiger partial charge is 0.444 e. The normalized spacial score (nSPS) is 16.8. The van der Waals surface area contributed by atoms with Gasteiger partial charge < -0.3 is 19.4 Å². The molecule has 212 valence electrons. The van der Waals surface area contributed by atoms with Crippen molar-refractivity contribution in [1.29, 1.82) is 0 Å². The lowest BCUT2D eigenvalue weighted by Gasteiger charge is -2.37. The van der Waals surface area contributed by atoms with Gasteiger partial charge in [0.1, 0.15) is 11.4 Å². The van der Waals surface area contributed by atoms with Crippen molar-refractivity contribution in [2.45, 2.75) is 45.1 Å². The van der Waals surface area contributed by atoms with Gasteiger partial charge in [0, 0.05) is 55.9 Å². The van der Waals surface area contributed by atoms with Gasteiger partial charge in [0.2, 0.25) is 0 Å². The molecule has 0 spiro atoms. The third kappa shape index (κ3) is 6.25. The standard InChI is InChI=1S/C30H35ClFN5O3/c1-30(2,3)40-29(39)36-13-11-21(12-14-36)27-26(20-33-37(27)25-6-4-5-23(32)19-25)28(38)35-17-15-34(16-18-35)24-9-7-22(31)8-10-24/h4-10,19-21H,11-18H2,1-3H3. The molecule has 10 heteroatoms. The van der Waals surface area contributed by atoms with Crippen molar-refractivity contribution in [2.75, 3.05) is 44.2 Å². The maximum Gasteiger partial charge on any atom is 0.410 e. The van der Waals surface area contributed by atoms with E-state index >= 15 is 0 Å². The predicted octanol–water partition coefficient (Wildman–Crippen LogP) is 5.74. The highest BCUT2D eigenvalue weighted by atomic mass is 35.5. The quantitative estimate of drug-likeness (QED) is 0.402. The van der Waals surface area contributed by atoms with Crippen molar-refractivity contribution in [3.8, 4) is 5.69 Å². The molecule has 40 heavy (non-hydrogen) atoms. The van der Waals surface area contributed by atoms with Crippen LogP contribution in [0.2, 0.25) is 5.02 Å². The molecule has 2 aliphatic rings. The fourth-order valence-electron chi connectivity index (χ4n) is 5.38. The summed E-state index contributed by atoms with van der Waals surface area (Å²) in [5.41, 5.74) is 2.37. The highest BCUT2D eigenvalue weighted by Gasteiger charge is 2.34. The number of halogens is 2. The van der Waals surface area contributed by atoms with Crippen LogP contribution in [0.15, 0.2) is 54.7 Å². The van der Waals surface area contributed by atoms with E-state index in [0.717, 1.165) is 11.4 Å². The van der Waals surface area contributed by atoms with Crippen LogP contribution in [0.5, 0.6) is 0 Å². The van der Waals surface area contributed by atoms with E-state index in [1.807, 2.05) is 49.9 Å².